The molecule has 1 aromatic rings. The minimum Gasteiger partial charge on any atom is -0.258 e. The predicted octanol–water partition coefficient (Wildman–Crippen LogP) is 3.02. The Hall–Kier alpha value is -1.64. The summed E-state index contributed by atoms with van der Waals surface area (Å²) < 4.78 is 0. The molecule has 3 nitrogen and oxygen atoms in total. The number of para-hydroxylation sites is 1. The fraction of sp³-hybridized carbons (Fsp3) is 0.200. The molecule has 0 heterocycles. The molecule has 1 rings (SSSR count). The molecule has 0 fully saturated rings. The second-order valence-corrected chi connectivity index (χ2v) is 2.73. The van der Waals surface area contributed by atoms with E-state index in [1.54, 1.807) is 18.2 Å². The molecule has 68 valence electrons. The first-order valence-electron chi connectivity index (χ1n) is 4.08. The van der Waals surface area contributed by atoms with E-state index in [0.29, 0.717) is 5.56 Å². The minimum absolute atomic E-state index is 0.134. The predicted molar refractivity (Wildman–Crippen MR) is 52.4 cm³/mol. The fourth-order valence-corrected chi connectivity index (χ4v) is 1.12. The van der Waals surface area contributed by atoms with Crippen molar-refractivity contribution in [3.05, 3.63) is 46.5 Å². The lowest BCUT2D eigenvalue weighted by Gasteiger charge is -2.02. The summed E-state index contributed by atoms with van der Waals surface area (Å²) in [6, 6.07) is 6.66. The fourth-order valence-electron chi connectivity index (χ4n) is 1.12. The molecule has 0 unspecified atom stereocenters. The van der Waals surface area contributed by atoms with E-state index in [1.165, 1.54) is 6.07 Å². The van der Waals surface area contributed by atoms with Crippen LogP contribution in [0.3, 0.4) is 0 Å². The topological polar surface area (TPSA) is 43.1 Å². The van der Waals surface area contributed by atoms with Gasteiger partial charge in [0.25, 0.3) is 5.69 Å². The molecule has 0 aliphatic carbocycles. The number of allylic oxidation sites excluding steroid dienone is 1. The van der Waals surface area contributed by atoms with Crippen molar-refractivity contribution in [3.8, 4) is 0 Å². The first-order chi connectivity index (χ1) is 6.16. The van der Waals surface area contributed by atoms with Crippen LogP contribution < -0.4 is 0 Å². The number of hydrogen-bond donors (Lipinski definition) is 0. The highest BCUT2D eigenvalue weighted by Gasteiger charge is 2.12. The summed E-state index contributed by atoms with van der Waals surface area (Å²) in [6.07, 6.45) is 0.727. The number of nitrogens with zero attached hydrogens (tertiary/aromatic N) is 1. The van der Waals surface area contributed by atoms with Gasteiger partial charge in [-0.1, -0.05) is 25.6 Å². The van der Waals surface area contributed by atoms with Crippen LogP contribution in [0.1, 0.15) is 18.9 Å². The molecule has 1 aromatic carbocycles. The van der Waals surface area contributed by atoms with Gasteiger partial charge < -0.3 is 0 Å². The Kier molecular flexibility index (Phi) is 2.80. The summed E-state index contributed by atoms with van der Waals surface area (Å²) in [5, 5.41) is 10.6. The van der Waals surface area contributed by atoms with Gasteiger partial charge in [-0.2, -0.15) is 0 Å². The van der Waals surface area contributed by atoms with Gasteiger partial charge in [0.2, 0.25) is 0 Å². The van der Waals surface area contributed by atoms with Gasteiger partial charge in [0.05, 0.1) is 10.5 Å². The molecule has 3 heteroatoms. The minimum atomic E-state index is -0.379. The molecule has 0 saturated carbocycles. The van der Waals surface area contributed by atoms with Crippen molar-refractivity contribution in [2.45, 2.75) is 13.3 Å². The Morgan fingerprint density at radius 1 is 1.54 bits per heavy atom. The highest BCUT2D eigenvalue weighted by atomic mass is 16.6. The van der Waals surface area contributed by atoms with Gasteiger partial charge in [-0.25, -0.2) is 0 Å². The molecule has 0 aromatic heterocycles. The standard InChI is InChI=1S/C10H11NO2/c1-3-8(2)9-6-4-5-7-10(9)11(12)13/h4-7H,2-3H2,1H3. The first-order valence-corrected chi connectivity index (χ1v) is 4.08. The number of nitro benzene ring substituents is 1. The maximum atomic E-state index is 10.6. The zero-order chi connectivity index (χ0) is 9.84. The van der Waals surface area contributed by atoms with Crippen molar-refractivity contribution in [2.75, 3.05) is 0 Å². The molecule has 0 amide bonds. The van der Waals surface area contributed by atoms with Crippen LogP contribution in [0.2, 0.25) is 0 Å². The Balaban J connectivity index is 3.19. The van der Waals surface area contributed by atoms with E-state index < -0.39 is 0 Å². The Morgan fingerprint density at radius 3 is 2.69 bits per heavy atom. The van der Waals surface area contributed by atoms with Gasteiger partial charge >= 0.3 is 0 Å². The van der Waals surface area contributed by atoms with Crippen LogP contribution in [0.5, 0.6) is 0 Å². The third kappa shape index (κ3) is 1.93. The second kappa shape index (κ2) is 3.85. The van der Waals surface area contributed by atoms with E-state index in [0.717, 1.165) is 12.0 Å². The van der Waals surface area contributed by atoms with E-state index >= 15 is 0 Å². The summed E-state index contributed by atoms with van der Waals surface area (Å²) in [7, 11) is 0. The van der Waals surface area contributed by atoms with Crippen molar-refractivity contribution < 1.29 is 4.92 Å². The lowest BCUT2D eigenvalue weighted by molar-refractivity contribution is -0.385. The van der Waals surface area contributed by atoms with Crippen molar-refractivity contribution in [2.24, 2.45) is 0 Å². The lowest BCUT2D eigenvalue weighted by Crippen LogP contribution is -1.93. The maximum absolute atomic E-state index is 10.6. The normalized spacial score (nSPS) is 9.62. The van der Waals surface area contributed by atoms with E-state index in [4.69, 9.17) is 0 Å². The van der Waals surface area contributed by atoms with Crippen molar-refractivity contribution in [1.82, 2.24) is 0 Å². The first kappa shape index (κ1) is 9.45. The van der Waals surface area contributed by atoms with E-state index in [2.05, 4.69) is 6.58 Å². The number of rotatable bonds is 3. The molecule has 13 heavy (non-hydrogen) atoms. The monoisotopic (exact) mass is 177 g/mol. The Bertz CT molecular complexity index is 345. The maximum Gasteiger partial charge on any atom is 0.276 e. The average Bonchev–Trinajstić information content (AvgIpc) is 2.16. The summed E-state index contributed by atoms with van der Waals surface area (Å²) in [5.41, 5.74) is 1.57. The van der Waals surface area contributed by atoms with Crippen LogP contribution in [0, 0.1) is 10.1 Å². The number of benzene rings is 1. The van der Waals surface area contributed by atoms with Crippen LogP contribution in [-0.2, 0) is 0 Å². The Morgan fingerprint density at radius 2 is 2.15 bits per heavy atom. The van der Waals surface area contributed by atoms with Crippen LogP contribution in [0.25, 0.3) is 5.57 Å². The van der Waals surface area contributed by atoms with Gasteiger partial charge in [0, 0.05) is 6.07 Å². The third-order valence-corrected chi connectivity index (χ3v) is 1.91. The molecule has 0 spiro atoms. The number of hydrogen-bond acceptors (Lipinski definition) is 2. The van der Waals surface area contributed by atoms with Crippen LogP contribution >= 0.6 is 0 Å². The molecule has 0 N–H and O–H groups in total. The van der Waals surface area contributed by atoms with Gasteiger partial charge in [-0.05, 0) is 18.1 Å². The van der Waals surface area contributed by atoms with Crippen LogP contribution in [0.4, 0.5) is 5.69 Å². The highest BCUT2D eigenvalue weighted by molar-refractivity contribution is 5.70. The summed E-state index contributed by atoms with van der Waals surface area (Å²) in [5.74, 6) is 0. The second-order valence-electron chi connectivity index (χ2n) is 2.73. The quantitative estimate of drug-likeness (QED) is 0.526. The third-order valence-electron chi connectivity index (χ3n) is 1.91. The van der Waals surface area contributed by atoms with Gasteiger partial charge in [-0.3, -0.25) is 10.1 Å². The molecule has 0 saturated heterocycles. The van der Waals surface area contributed by atoms with Crippen molar-refractivity contribution in [3.63, 3.8) is 0 Å². The SMILES string of the molecule is C=C(CC)c1ccccc1[N+](=O)[O-]. The molecule has 0 radical (unpaired) electrons. The Labute approximate surface area is 76.9 Å². The summed E-state index contributed by atoms with van der Waals surface area (Å²) in [6.45, 7) is 5.71. The summed E-state index contributed by atoms with van der Waals surface area (Å²) in [4.78, 5) is 10.2. The largest absolute Gasteiger partial charge is 0.276 e. The van der Waals surface area contributed by atoms with E-state index in [1.807, 2.05) is 6.92 Å². The van der Waals surface area contributed by atoms with Crippen molar-refractivity contribution >= 4 is 11.3 Å². The molecule has 0 aliphatic rings. The molecular weight excluding hydrogens is 166 g/mol. The van der Waals surface area contributed by atoms with Gasteiger partial charge in [0.15, 0.2) is 0 Å². The molecule has 0 bridgehead atoms. The molecular formula is C10H11NO2. The average molecular weight is 177 g/mol. The molecule has 0 aliphatic heterocycles. The van der Waals surface area contributed by atoms with Crippen LogP contribution in [0.15, 0.2) is 30.8 Å². The molecule has 0 atom stereocenters. The zero-order valence-corrected chi connectivity index (χ0v) is 7.49. The highest BCUT2D eigenvalue weighted by Crippen LogP contribution is 2.25. The number of nitro groups is 1. The van der Waals surface area contributed by atoms with Gasteiger partial charge in [-0.15, -0.1) is 0 Å². The summed E-state index contributed by atoms with van der Waals surface area (Å²) >= 11 is 0. The smallest absolute Gasteiger partial charge is 0.258 e. The van der Waals surface area contributed by atoms with E-state index in [9.17, 15) is 10.1 Å². The zero-order valence-electron chi connectivity index (χ0n) is 7.49. The van der Waals surface area contributed by atoms with E-state index in [-0.39, 0.29) is 10.6 Å². The van der Waals surface area contributed by atoms with Crippen molar-refractivity contribution in [1.29, 1.82) is 0 Å². The van der Waals surface area contributed by atoms with Crippen LogP contribution in [-0.4, -0.2) is 4.92 Å². The lowest BCUT2D eigenvalue weighted by atomic mass is 10.0. The van der Waals surface area contributed by atoms with Gasteiger partial charge in [0.1, 0.15) is 0 Å².